The minimum absolute atomic E-state index is 0.0340. The van der Waals surface area contributed by atoms with Gasteiger partial charge in [0.15, 0.2) is 0 Å². The fraction of sp³-hybridized carbons (Fsp3) is 0.355. The molecule has 1 spiro atoms. The molecular weight excluding hydrogens is 518 g/mol. The van der Waals surface area contributed by atoms with Crippen LogP contribution in [0, 0.1) is 0 Å². The standard InChI is InChI=1S/C31H31N7O3/c1-17-21(18-7-5-4-6-8-18)10-23(27-34-15-25(38(17)27)30(2,3)41)36-28(39)20-9-19-11-31(12-24(19)33-13-20)22-14-32-16-35-26(22)37-29(31)40/h4-9,13-17,21,23,41H,10-12H2,1-3H3,(H,36,39)(H,32,35,37,40)/t17-,21-,23+,31?/m1/s1. The van der Waals surface area contributed by atoms with Gasteiger partial charge < -0.3 is 20.3 Å². The minimum Gasteiger partial charge on any atom is -0.384 e. The van der Waals surface area contributed by atoms with Crippen molar-refractivity contribution in [3.8, 4) is 0 Å². The second kappa shape index (κ2) is 9.04. The van der Waals surface area contributed by atoms with Gasteiger partial charge in [0, 0.05) is 42.0 Å². The number of nitrogens with one attached hydrogen (secondary N) is 2. The number of amides is 2. The molecule has 10 heteroatoms. The number of fused-ring (bicyclic) bond motifs is 4. The number of hydrogen-bond donors (Lipinski definition) is 3. The van der Waals surface area contributed by atoms with E-state index in [9.17, 15) is 14.7 Å². The molecule has 1 aliphatic carbocycles. The zero-order valence-corrected chi connectivity index (χ0v) is 23.1. The van der Waals surface area contributed by atoms with E-state index in [1.54, 1.807) is 32.4 Å². The fourth-order valence-corrected chi connectivity index (χ4v) is 6.86. The minimum atomic E-state index is -1.09. The number of pyridine rings is 1. The highest BCUT2D eigenvalue weighted by atomic mass is 16.3. The molecule has 0 radical (unpaired) electrons. The summed E-state index contributed by atoms with van der Waals surface area (Å²) in [4.78, 5) is 44.4. The van der Waals surface area contributed by atoms with Gasteiger partial charge in [-0.25, -0.2) is 15.0 Å². The smallest absolute Gasteiger partial charge is 0.253 e. The third-order valence-corrected chi connectivity index (χ3v) is 8.95. The summed E-state index contributed by atoms with van der Waals surface area (Å²) >= 11 is 0. The third kappa shape index (κ3) is 3.96. The normalized spacial score (nSPS) is 24.5. The van der Waals surface area contributed by atoms with Crippen molar-refractivity contribution in [3.63, 3.8) is 0 Å². The van der Waals surface area contributed by atoms with Crippen LogP contribution in [0.4, 0.5) is 5.82 Å². The number of nitrogens with zero attached hydrogens (tertiary/aromatic N) is 5. The summed E-state index contributed by atoms with van der Waals surface area (Å²) in [6.45, 7) is 5.64. The second-order valence-electron chi connectivity index (χ2n) is 12.0. The quantitative estimate of drug-likeness (QED) is 0.355. The zero-order chi connectivity index (χ0) is 28.5. The van der Waals surface area contributed by atoms with Crippen LogP contribution in [-0.4, -0.2) is 41.4 Å². The van der Waals surface area contributed by atoms with Gasteiger partial charge in [-0.1, -0.05) is 30.3 Å². The number of anilines is 1. The van der Waals surface area contributed by atoms with E-state index in [0.717, 1.165) is 22.6 Å². The van der Waals surface area contributed by atoms with Gasteiger partial charge in [0.2, 0.25) is 5.91 Å². The molecule has 208 valence electrons. The lowest BCUT2D eigenvalue weighted by Gasteiger charge is -2.38. The van der Waals surface area contributed by atoms with E-state index in [-0.39, 0.29) is 29.8 Å². The molecule has 3 N–H and O–H groups in total. The van der Waals surface area contributed by atoms with E-state index in [0.29, 0.717) is 36.3 Å². The highest BCUT2D eigenvalue weighted by Gasteiger charge is 2.52. The molecule has 5 heterocycles. The van der Waals surface area contributed by atoms with Gasteiger partial charge in [-0.05, 0) is 50.8 Å². The number of carbonyl (C=O) groups excluding carboxylic acids is 2. The summed E-state index contributed by atoms with van der Waals surface area (Å²) in [6, 6.07) is 11.8. The maximum atomic E-state index is 13.7. The Kier molecular flexibility index (Phi) is 5.62. The lowest BCUT2D eigenvalue weighted by atomic mass is 9.80. The van der Waals surface area contributed by atoms with Gasteiger partial charge in [0.1, 0.15) is 23.6 Å². The number of hydrogen-bond acceptors (Lipinski definition) is 7. The van der Waals surface area contributed by atoms with Crippen molar-refractivity contribution < 1.29 is 14.7 Å². The highest BCUT2D eigenvalue weighted by molar-refractivity contribution is 6.06. The lowest BCUT2D eigenvalue weighted by molar-refractivity contribution is -0.120. The summed E-state index contributed by atoms with van der Waals surface area (Å²) in [5, 5.41) is 17.0. The average Bonchev–Trinajstić information content (AvgIpc) is 3.65. The first kappa shape index (κ1) is 25.5. The van der Waals surface area contributed by atoms with Gasteiger partial charge in [-0.3, -0.25) is 14.6 Å². The van der Waals surface area contributed by atoms with Crippen molar-refractivity contribution in [2.45, 2.75) is 69.1 Å². The maximum absolute atomic E-state index is 13.7. The van der Waals surface area contributed by atoms with Gasteiger partial charge in [-0.2, -0.15) is 0 Å². The Bertz CT molecular complexity index is 1690. The number of imidazole rings is 1. The predicted octanol–water partition coefficient (Wildman–Crippen LogP) is 3.50. The number of rotatable bonds is 4. The first-order valence-corrected chi connectivity index (χ1v) is 13.9. The summed E-state index contributed by atoms with van der Waals surface area (Å²) in [5.74, 6) is 0.991. The zero-order valence-electron chi connectivity index (χ0n) is 23.1. The summed E-state index contributed by atoms with van der Waals surface area (Å²) in [7, 11) is 0. The number of aromatic nitrogens is 5. The Balaban J connectivity index is 1.19. The Morgan fingerprint density at radius 3 is 2.71 bits per heavy atom. The third-order valence-electron chi connectivity index (χ3n) is 8.95. The molecule has 1 aromatic carbocycles. The first-order chi connectivity index (χ1) is 19.7. The van der Waals surface area contributed by atoms with Crippen LogP contribution in [0.15, 0.2) is 61.3 Å². The predicted molar refractivity (Wildman–Crippen MR) is 150 cm³/mol. The van der Waals surface area contributed by atoms with Crippen LogP contribution < -0.4 is 10.6 Å². The van der Waals surface area contributed by atoms with Gasteiger partial charge in [-0.15, -0.1) is 0 Å². The highest BCUT2D eigenvalue weighted by Crippen LogP contribution is 2.46. The summed E-state index contributed by atoms with van der Waals surface area (Å²) in [5.41, 5.74) is 2.85. The molecule has 0 fully saturated rings. The van der Waals surface area contributed by atoms with Gasteiger partial charge in [0.05, 0.1) is 28.9 Å². The molecule has 1 unspecified atom stereocenters. The Morgan fingerprint density at radius 2 is 1.93 bits per heavy atom. The van der Waals surface area contributed by atoms with Crippen molar-refractivity contribution in [1.29, 1.82) is 0 Å². The van der Waals surface area contributed by atoms with E-state index in [2.05, 4.69) is 54.2 Å². The van der Waals surface area contributed by atoms with Crippen molar-refractivity contribution in [2.24, 2.45) is 0 Å². The molecule has 0 saturated carbocycles. The fourth-order valence-electron chi connectivity index (χ4n) is 6.86. The molecular formula is C31H31N7O3. The van der Waals surface area contributed by atoms with Gasteiger partial charge in [0.25, 0.3) is 5.91 Å². The van der Waals surface area contributed by atoms with E-state index in [1.807, 2.05) is 24.3 Å². The maximum Gasteiger partial charge on any atom is 0.253 e. The van der Waals surface area contributed by atoms with Gasteiger partial charge >= 0.3 is 0 Å². The van der Waals surface area contributed by atoms with Crippen molar-refractivity contribution in [2.75, 3.05) is 5.32 Å². The van der Waals surface area contributed by atoms with E-state index in [1.165, 1.54) is 11.9 Å². The molecule has 4 atom stereocenters. The molecule has 4 aromatic rings. The van der Waals surface area contributed by atoms with Crippen molar-refractivity contribution in [3.05, 3.63) is 101 Å². The molecule has 2 aliphatic heterocycles. The Hall–Kier alpha value is -4.44. The Labute approximate surface area is 237 Å². The number of benzene rings is 1. The van der Waals surface area contributed by atoms with Crippen LogP contribution in [0.5, 0.6) is 0 Å². The van der Waals surface area contributed by atoms with Crippen molar-refractivity contribution >= 4 is 17.6 Å². The number of carbonyl (C=O) groups is 2. The molecule has 3 aromatic heterocycles. The number of aliphatic hydroxyl groups is 1. The Morgan fingerprint density at radius 1 is 1.12 bits per heavy atom. The van der Waals surface area contributed by atoms with Crippen LogP contribution >= 0.6 is 0 Å². The van der Waals surface area contributed by atoms with Crippen LogP contribution in [0.25, 0.3) is 0 Å². The monoisotopic (exact) mass is 549 g/mol. The average molecular weight is 550 g/mol. The summed E-state index contributed by atoms with van der Waals surface area (Å²) < 4.78 is 2.08. The van der Waals surface area contributed by atoms with Crippen LogP contribution in [0.1, 0.15) is 89.5 Å². The molecule has 10 nitrogen and oxygen atoms in total. The molecule has 0 bridgehead atoms. The molecule has 2 amide bonds. The molecule has 41 heavy (non-hydrogen) atoms. The van der Waals surface area contributed by atoms with Crippen LogP contribution in [-0.2, 0) is 28.7 Å². The van der Waals surface area contributed by atoms with Crippen LogP contribution in [0.3, 0.4) is 0 Å². The molecule has 0 saturated heterocycles. The summed E-state index contributed by atoms with van der Waals surface area (Å²) in [6.07, 6.45) is 7.94. The topological polar surface area (TPSA) is 135 Å². The largest absolute Gasteiger partial charge is 0.384 e. The SMILES string of the molecule is C[C@@H]1[C@H](c2ccccc2)C[C@H](NC(=O)c2cnc3c(c2)CC2(C3)C(=O)Nc3ncncc32)c2ncc(C(C)(C)O)n21. The van der Waals surface area contributed by atoms with Crippen molar-refractivity contribution in [1.82, 2.24) is 29.8 Å². The van der Waals surface area contributed by atoms with E-state index >= 15 is 0 Å². The lowest BCUT2D eigenvalue weighted by Crippen LogP contribution is -2.38. The molecule has 7 rings (SSSR count). The van der Waals surface area contributed by atoms with Crippen LogP contribution in [0.2, 0.25) is 0 Å². The first-order valence-electron chi connectivity index (χ1n) is 13.9. The van der Waals surface area contributed by atoms with E-state index in [4.69, 9.17) is 0 Å². The van der Waals surface area contributed by atoms with E-state index < -0.39 is 11.0 Å². The molecule has 3 aliphatic rings. The second-order valence-corrected chi connectivity index (χ2v) is 12.0.